The second-order valence-corrected chi connectivity index (χ2v) is 4.21. The summed E-state index contributed by atoms with van der Waals surface area (Å²) in [5.41, 5.74) is 0.501. The van der Waals surface area contributed by atoms with E-state index < -0.39 is 5.82 Å². The Morgan fingerprint density at radius 3 is 2.81 bits per heavy atom. The summed E-state index contributed by atoms with van der Waals surface area (Å²) < 4.78 is 13.3. The molecule has 1 aliphatic rings. The predicted octanol–water partition coefficient (Wildman–Crippen LogP) is 1.05. The van der Waals surface area contributed by atoms with Crippen LogP contribution in [0.15, 0.2) is 22.7 Å². The number of nitrogens with one attached hydrogen (secondary N) is 1. The van der Waals surface area contributed by atoms with E-state index >= 15 is 0 Å². The fourth-order valence-corrected chi connectivity index (χ4v) is 2.04. The highest BCUT2D eigenvalue weighted by Gasteiger charge is 2.25. The van der Waals surface area contributed by atoms with Gasteiger partial charge in [-0.1, -0.05) is 0 Å². The molecule has 6 heteroatoms. The van der Waals surface area contributed by atoms with Crippen molar-refractivity contribution in [2.75, 3.05) is 18.0 Å². The Kier molecular flexibility index (Phi) is 2.91. The standard InChI is InChI=1S/C10H8BrFN2O2/c11-7-3-6(12)1-2-8(7)14-5-9(15)13-4-10(14)16/h1-3H,4-5H2,(H,13,15). The van der Waals surface area contributed by atoms with Gasteiger partial charge in [0.15, 0.2) is 0 Å². The Morgan fingerprint density at radius 1 is 1.38 bits per heavy atom. The number of hydrogen-bond donors (Lipinski definition) is 1. The monoisotopic (exact) mass is 286 g/mol. The minimum atomic E-state index is -0.399. The van der Waals surface area contributed by atoms with Crippen LogP contribution in [0, 0.1) is 5.82 Å². The van der Waals surface area contributed by atoms with Crippen LogP contribution in [0.3, 0.4) is 0 Å². The molecular weight excluding hydrogens is 279 g/mol. The van der Waals surface area contributed by atoms with Crippen molar-refractivity contribution in [1.29, 1.82) is 0 Å². The number of amides is 2. The maximum atomic E-state index is 12.9. The first-order valence-corrected chi connectivity index (χ1v) is 5.39. The summed E-state index contributed by atoms with van der Waals surface area (Å²) in [7, 11) is 0. The zero-order valence-corrected chi connectivity index (χ0v) is 9.75. The second kappa shape index (κ2) is 4.21. The molecule has 0 bridgehead atoms. The Balaban J connectivity index is 2.35. The molecule has 0 aromatic heterocycles. The first-order chi connectivity index (χ1) is 7.58. The molecule has 0 radical (unpaired) electrons. The van der Waals surface area contributed by atoms with Gasteiger partial charge in [-0.15, -0.1) is 0 Å². The van der Waals surface area contributed by atoms with Gasteiger partial charge in [-0.3, -0.25) is 9.59 Å². The van der Waals surface area contributed by atoms with Crippen molar-refractivity contribution < 1.29 is 14.0 Å². The average Bonchev–Trinajstić information content (AvgIpc) is 2.22. The number of hydrogen-bond acceptors (Lipinski definition) is 2. The molecule has 16 heavy (non-hydrogen) atoms. The van der Waals surface area contributed by atoms with E-state index in [9.17, 15) is 14.0 Å². The number of carbonyl (C=O) groups is 2. The van der Waals surface area contributed by atoms with Crippen LogP contribution in [0.5, 0.6) is 0 Å². The number of benzene rings is 1. The van der Waals surface area contributed by atoms with Gasteiger partial charge in [0.05, 0.1) is 12.2 Å². The lowest BCUT2D eigenvalue weighted by molar-refractivity contribution is -0.128. The van der Waals surface area contributed by atoms with Gasteiger partial charge in [-0.05, 0) is 34.1 Å². The van der Waals surface area contributed by atoms with Crippen molar-refractivity contribution in [2.24, 2.45) is 0 Å². The summed E-state index contributed by atoms with van der Waals surface area (Å²) in [4.78, 5) is 24.1. The molecule has 1 aliphatic heterocycles. The molecule has 1 fully saturated rings. The zero-order valence-electron chi connectivity index (χ0n) is 8.17. The first-order valence-electron chi connectivity index (χ1n) is 4.60. The number of anilines is 1. The van der Waals surface area contributed by atoms with Crippen LogP contribution >= 0.6 is 15.9 Å². The fourth-order valence-electron chi connectivity index (χ4n) is 1.48. The van der Waals surface area contributed by atoms with Gasteiger partial charge in [0.1, 0.15) is 12.4 Å². The van der Waals surface area contributed by atoms with Gasteiger partial charge in [0.25, 0.3) is 0 Å². The van der Waals surface area contributed by atoms with E-state index in [1.165, 1.54) is 23.1 Å². The molecule has 2 rings (SSSR count). The van der Waals surface area contributed by atoms with Gasteiger partial charge in [0.2, 0.25) is 11.8 Å². The van der Waals surface area contributed by atoms with E-state index in [0.717, 1.165) is 0 Å². The predicted molar refractivity (Wildman–Crippen MR) is 59.5 cm³/mol. The normalized spacial score (nSPS) is 16.2. The SMILES string of the molecule is O=C1CN(c2ccc(F)cc2Br)C(=O)CN1. The topological polar surface area (TPSA) is 49.4 Å². The summed E-state index contributed by atoms with van der Waals surface area (Å²) in [6.45, 7) is -0.0638. The van der Waals surface area contributed by atoms with Gasteiger partial charge < -0.3 is 10.2 Å². The van der Waals surface area contributed by atoms with Gasteiger partial charge >= 0.3 is 0 Å². The molecule has 0 unspecified atom stereocenters. The summed E-state index contributed by atoms with van der Waals surface area (Å²) >= 11 is 3.16. The van der Waals surface area contributed by atoms with E-state index in [1.807, 2.05) is 0 Å². The van der Waals surface area contributed by atoms with Crippen molar-refractivity contribution in [3.05, 3.63) is 28.5 Å². The number of rotatable bonds is 1. The highest BCUT2D eigenvalue weighted by atomic mass is 79.9. The molecule has 1 N–H and O–H groups in total. The maximum absolute atomic E-state index is 12.9. The molecule has 4 nitrogen and oxygen atoms in total. The smallest absolute Gasteiger partial charge is 0.246 e. The third-order valence-corrected chi connectivity index (χ3v) is 2.88. The summed E-state index contributed by atoms with van der Waals surface area (Å²) in [6.07, 6.45) is 0. The number of halogens is 2. The lowest BCUT2D eigenvalue weighted by Gasteiger charge is -2.27. The fraction of sp³-hybridized carbons (Fsp3) is 0.200. The quantitative estimate of drug-likeness (QED) is 0.839. The molecule has 0 spiro atoms. The maximum Gasteiger partial charge on any atom is 0.246 e. The van der Waals surface area contributed by atoms with E-state index in [-0.39, 0.29) is 24.9 Å². The summed E-state index contributed by atoms with van der Waals surface area (Å²) in [5.74, 6) is -0.840. The van der Waals surface area contributed by atoms with Crippen molar-refractivity contribution >= 4 is 33.4 Å². The summed E-state index contributed by atoms with van der Waals surface area (Å²) in [6, 6.07) is 3.98. The average molecular weight is 287 g/mol. The minimum absolute atomic E-state index is 0.0251. The van der Waals surface area contributed by atoms with Crippen molar-refractivity contribution in [3.63, 3.8) is 0 Å². The Labute approximate surface area is 99.6 Å². The molecule has 0 atom stereocenters. The lowest BCUT2D eigenvalue weighted by atomic mass is 10.2. The van der Waals surface area contributed by atoms with Crippen LogP contribution in [-0.4, -0.2) is 24.9 Å². The number of carbonyl (C=O) groups excluding carboxylic acids is 2. The molecule has 1 aromatic rings. The van der Waals surface area contributed by atoms with Crippen LogP contribution in [0.25, 0.3) is 0 Å². The lowest BCUT2D eigenvalue weighted by Crippen LogP contribution is -2.51. The Hall–Kier alpha value is -1.43. The summed E-state index contributed by atoms with van der Waals surface area (Å²) in [5, 5.41) is 2.44. The molecule has 0 saturated carbocycles. The minimum Gasteiger partial charge on any atom is -0.345 e. The van der Waals surface area contributed by atoms with Crippen LogP contribution in [0.4, 0.5) is 10.1 Å². The van der Waals surface area contributed by atoms with Gasteiger partial charge in [-0.25, -0.2) is 4.39 Å². The van der Waals surface area contributed by atoms with Crippen LogP contribution in [0.2, 0.25) is 0 Å². The number of piperazine rings is 1. The van der Waals surface area contributed by atoms with Crippen LogP contribution in [0.1, 0.15) is 0 Å². The zero-order chi connectivity index (χ0) is 11.7. The molecule has 84 valence electrons. The molecule has 2 amide bonds. The van der Waals surface area contributed by atoms with Crippen LogP contribution < -0.4 is 10.2 Å². The highest BCUT2D eigenvalue weighted by molar-refractivity contribution is 9.10. The van der Waals surface area contributed by atoms with Crippen molar-refractivity contribution in [3.8, 4) is 0 Å². The molecule has 1 saturated heterocycles. The second-order valence-electron chi connectivity index (χ2n) is 3.35. The Morgan fingerprint density at radius 2 is 2.12 bits per heavy atom. The Bertz CT molecular complexity index is 464. The molecule has 1 aromatic carbocycles. The molecule has 0 aliphatic carbocycles. The van der Waals surface area contributed by atoms with E-state index in [4.69, 9.17) is 0 Å². The van der Waals surface area contributed by atoms with Crippen molar-refractivity contribution in [2.45, 2.75) is 0 Å². The first kappa shape index (κ1) is 11.1. The third kappa shape index (κ3) is 2.06. The van der Waals surface area contributed by atoms with E-state index in [2.05, 4.69) is 21.2 Å². The van der Waals surface area contributed by atoms with Crippen LogP contribution in [-0.2, 0) is 9.59 Å². The highest BCUT2D eigenvalue weighted by Crippen LogP contribution is 2.27. The molecule has 1 heterocycles. The van der Waals surface area contributed by atoms with Gasteiger partial charge in [0, 0.05) is 4.47 Å². The molecular formula is C10H8BrFN2O2. The largest absolute Gasteiger partial charge is 0.345 e. The van der Waals surface area contributed by atoms with E-state index in [1.54, 1.807) is 0 Å². The number of nitrogens with zero attached hydrogens (tertiary/aromatic N) is 1. The van der Waals surface area contributed by atoms with Crippen molar-refractivity contribution in [1.82, 2.24) is 5.32 Å². The van der Waals surface area contributed by atoms with E-state index in [0.29, 0.717) is 10.2 Å². The third-order valence-electron chi connectivity index (χ3n) is 2.24. The van der Waals surface area contributed by atoms with Gasteiger partial charge in [-0.2, -0.15) is 0 Å².